The summed E-state index contributed by atoms with van der Waals surface area (Å²) in [4.78, 5) is 6.68. The maximum atomic E-state index is 4.58. The van der Waals surface area contributed by atoms with Gasteiger partial charge in [0.25, 0.3) is 0 Å². The first kappa shape index (κ1) is 13.1. The topological polar surface area (TPSA) is 16.1 Å². The van der Waals surface area contributed by atoms with Crippen molar-refractivity contribution in [2.45, 2.75) is 20.8 Å². The second kappa shape index (κ2) is 5.11. The van der Waals surface area contributed by atoms with E-state index in [1.807, 2.05) is 14.0 Å². The monoisotopic (exact) mass is 304 g/mol. The summed E-state index contributed by atoms with van der Waals surface area (Å²) >= 11 is 3.61. The first-order valence-electron chi connectivity index (χ1n) is 5.92. The Balaban J connectivity index is 2.44. The van der Waals surface area contributed by atoms with Crippen LogP contribution in [0.1, 0.15) is 16.8 Å². The van der Waals surface area contributed by atoms with Crippen molar-refractivity contribution in [1.82, 2.24) is 4.98 Å². The molecule has 0 bridgehead atoms. The van der Waals surface area contributed by atoms with Gasteiger partial charge in [-0.3, -0.25) is 0 Å². The third-order valence-corrected chi connectivity index (χ3v) is 3.53. The summed E-state index contributed by atoms with van der Waals surface area (Å²) in [5.41, 5.74) is 4.64. The van der Waals surface area contributed by atoms with Gasteiger partial charge in [0.05, 0.1) is 5.69 Å². The Morgan fingerprint density at radius 1 is 1.00 bits per heavy atom. The van der Waals surface area contributed by atoms with Crippen molar-refractivity contribution < 1.29 is 0 Å². The average molecular weight is 305 g/mol. The predicted octanol–water partition coefficient (Wildman–Crippen LogP) is 4.54. The van der Waals surface area contributed by atoms with Crippen LogP contribution in [0.4, 0.5) is 11.5 Å². The van der Waals surface area contributed by atoms with E-state index in [1.54, 1.807) is 0 Å². The highest BCUT2D eigenvalue weighted by molar-refractivity contribution is 9.10. The van der Waals surface area contributed by atoms with Crippen molar-refractivity contribution >= 4 is 27.4 Å². The van der Waals surface area contributed by atoms with Gasteiger partial charge in [-0.15, -0.1) is 0 Å². The number of benzene rings is 1. The second-order valence-corrected chi connectivity index (χ2v) is 5.51. The second-order valence-electron chi connectivity index (χ2n) is 4.66. The molecule has 0 fully saturated rings. The van der Waals surface area contributed by atoms with Crippen LogP contribution in [0.5, 0.6) is 0 Å². The summed E-state index contributed by atoms with van der Waals surface area (Å²) < 4.78 is 1.09. The van der Waals surface area contributed by atoms with Gasteiger partial charge < -0.3 is 4.90 Å². The third kappa shape index (κ3) is 2.72. The van der Waals surface area contributed by atoms with E-state index in [2.05, 4.69) is 70.0 Å². The molecule has 0 radical (unpaired) electrons. The molecule has 1 heterocycles. The highest BCUT2D eigenvalue weighted by Gasteiger charge is 2.09. The van der Waals surface area contributed by atoms with E-state index in [-0.39, 0.29) is 0 Å². The molecule has 0 unspecified atom stereocenters. The van der Waals surface area contributed by atoms with Crippen molar-refractivity contribution in [2.75, 3.05) is 11.9 Å². The maximum Gasteiger partial charge on any atom is 0.133 e. The van der Waals surface area contributed by atoms with Crippen LogP contribution in [0.3, 0.4) is 0 Å². The first-order chi connectivity index (χ1) is 8.47. The number of anilines is 2. The van der Waals surface area contributed by atoms with Crippen LogP contribution in [0, 0.1) is 20.8 Å². The lowest BCUT2D eigenvalue weighted by Crippen LogP contribution is -2.12. The van der Waals surface area contributed by atoms with E-state index in [1.165, 1.54) is 11.1 Å². The van der Waals surface area contributed by atoms with E-state index in [4.69, 9.17) is 0 Å². The van der Waals surface area contributed by atoms with Crippen LogP contribution in [0.25, 0.3) is 0 Å². The molecule has 0 amide bonds. The molecule has 1 aromatic heterocycles. The zero-order chi connectivity index (χ0) is 13.3. The van der Waals surface area contributed by atoms with Gasteiger partial charge >= 0.3 is 0 Å². The van der Waals surface area contributed by atoms with E-state index in [0.29, 0.717) is 0 Å². The number of aromatic nitrogens is 1. The minimum absolute atomic E-state index is 0.969. The van der Waals surface area contributed by atoms with Gasteiger partial charge in [0.2, 0.25) is 0 Å². The Labute approximate surface area is 117 Å². The highest BCUT2D eigenvalue weighted by atomic mass is 79.9. The molecule has 0 aliphatic heterocycles. The number of nitrogens with zero attached hydrogens (tertiary/aromatic N) is 2. The fraction of sp³-hybridized carbons (Fsp3) is 0.267. The van der Waals surface area contributed by atoms with Crippen LogP contribution in [-0.2, 0) is 0 Å². The fourth-order valence-corrected chi connectivity index (χ4v) is 2.76. The van der Waals surface area contributed by atoms with Crippen molar-refractivity contribution in [3.8, 4) is 0 Å². The van der Waals surface area contributed by atoms with Gasteiger partial charge in [-0.05, 0) is 72.1 Å². The summed E-state index contributed by atoms with van der Waals surface area (Å²) in [6.45, 7) is 6.20. The van der Waals surface area contributed by atoms with Crippen LogP contribution in [-0.4, -0.2) is 12.0 Å². The zero-order valence-corrected chi connectivity index (χ0v) is 12.7. The number of pyridine rings is 1. The smallest absolute Gasteiger partial charge is 0.133 e. The van der Waals surface area contributed by atoms with E-state index < -0.39 is 0 Å². The molecule has 2 rings (SSSR count). The van der Waals surface area contributed by atoms with Crippen LogP contribution in [0.2, 0.25) is 0 Å². The number of rotatable bonds is 2. The summed E-state index contributed by atoms with van der Waals surface area (Å²) in [7, 11) is 2.04. The Morgan fingerprint density at radius 3 is 2.33 bits per heavy atom. The fourth-order valence-electron chi connectivity index (χ4n) is 2.00. The molecule has 0 N–H and O–H groups in total. The largest absolute Gasteiger partial charge is 0.328 e. The molecule has 0 saturated heterocycles. The quantitative estimate of drug-likeness (QED) is 0.810. The molecule has 0 saturated carbocycles. The summed E-state index contributed by atoms with van der Waals surface area (Å²) in [6, 6.07) is 10.5. The number of hydrogen-bond acceptors (Lipinski definition) is 2. The Morgan fingerprint density at radius 2 is 1.72 bits per heavy atom. The van der Waals surface area contributed by atoms with Crippen LogP contribution >= 0.6 is 15.9 Å². The minimum Gasteiger partial charge on any atom is -0.328 e. The van der Waals surface area contributed by atoms with Crippen molar-refractivity contribution in [2.24, 2.45) is 0 Å². The lowest BCUT2D eigenvalue weighted by atomic mass is 10.2. The molecule has 0 aliphatic carbocycles. The molecular weight excluding hydrogens is 288 g/mol. The third-order valence-electron chi connectivity index (χ3n) is 2.89. The molecule has 0 aliphatic rings. The average Bonchev–Trinajstić information content (AvgIpc) is 2.26. The van der Waals surface area contributed by atoms with Gasteiger partial charge in [-0.1, -0.05) is 6.07 Å². The van der Waals surface area contributed by atoms with E-state index in [0.717, 1.165) is 21.7 Å². The Kier molecular flexibility index (Phi) is 3.71. The Bertz CT molecular complexity index is 558. The van der Waals surface area contributed by atoms with Gasteiger partial charge in [0.15, 0.2) is 0 Å². The SMILES string of the molecule is Cc1cc(C)nc(N(C)c2ccc(C)cc2Br)c1. The van der Waals surface area contributed by atoms with E-state index in [9.17, 15) is 0 Å². The molecule has 3 heteroatoms. The molecular formula is C15H17BrN2. The van der Waals surface area contributed by atoms with Gasteiger partial charge in [-0.25, -0.2) is 4.98 Å². The predicted molar refractivity (Wildman–Crippen MR) is 80.7 cm³/mol. The summed E-state index contributed by atoms with van der Waals surface area (Å²) in [6.07, 6.45) is 0. The summed E-state index contributed by atoms with van der Waals surface area (Å²) in [5, 5.41) is 0. The first-order valence-corrected chi connectivity index (χ1v) is 6.72. The normalized spacial score (nSPS) is 10.5. The number of hydrogen-bond donors (Lipinski definition) is 0. The molecule has 0 atom stereocenters. The van der Waals surface area contributed by atoms with Crippen molar-refractivity contribution in [3.05, 3.63) is 51.6 Å². The lowest BCUT2D eigenvalue weighted by molar-refractivity contribution is 1.08. The van der Waals surface area contributed by atoms with Gasteiger partial charge in [0, 0.05) is 17.2 Å². The van der Waals surface area contributed by atoms with Gasteiger partial charge in [-0.2, -0.15) is 0 Å². The molecule has 94 valence electrons. The van der Waals surface area contributed by atoms with Crippen molar-refractivity contribution in [3.63, 3.8) is 0 Å². The van der Waals surface area contributed by atoms with Crippen molar-refractivity contribution in [1.29, 1.82) is 0 Å². The molecule has 2 aromatic rings. The van der Waals surface area contributed by atoms with E-state index >= 15 is 0 Å². The van der Waals surface area contributed by atoms with Crippen LogP contribution in [0.15, 0.2) is 34.8 Å². The maximum absolute atomic E-state index is 4.58. The molecule has 2 nitrogen and oxygen atoms in total. The molecule has 18 heavy (non-hydrogen) atoms. The minimum atomic E-state index is 0.969. The van der Waals surface area contributed by atoms with Crippen LogP contribution < -0.4 is 4.90 Å². The lowest BCUT2D eigenvalue weighted by Gasteiger charge is -2.21. The highest BCUT2D eigenvalue weighted by Crippen LogP contribution is 2.31. The Hall–Kier alpha value is -1.35. The molecule has 0 spiro atoms. The molecule has 1 aromatic carbocycles. The standard InChI is InChI=1S/C15H17BrN2/c1-10-5-6-14(13(16)8-10)18(4)15-9-11(2)7-12(3)17-15/h5-9H,1-4H3. The number of aryl methyl sites for hydroxylation is 3. The van der Waals surface area contributed by atoms with Gasteiger partial charge in [0.1, 0.15) is 5.82 Å². The number of halogens is 1. The summed E-state index contributed by atoms with van der Waals surface area (Å²) in [5.74, 6) is 0.969. The zero-order valence-electron chi connectivity index (χ0n) is 11.2.